The largest absolute Gasteiger partial charge is 0.416 e. The minimum atomic E-state index is -4.49. The van der Waals surface area contributed by atoms with Crippen molar-refractivity contribution in [2.45, 2.75) is 12.7 Å². The molecule has 2 aromatic carbocycles. The van der Waals surface area contributed by atoms with Crippen molar-refractivity contribution in [3.05, 3.63) is 87.8 Å². The van der Waals surface area contributed by atoms with E-state index in [2.05, 4.69) is 10.3 Å². The quantitative estimate of drug-likeness (QED) is 0.623. The van der Waals surface area contributed by atoms with Crippen molar-refractivity contribution in [3.8, 4) is 11.1 Å². The summed E-state index contributed by atoms with van der Waals surface area (Å²) in [6.07, 6.45) is -2.98. The van der Waals surface area contributed by atoms with Crippen LogP contribution < -0.4 is 16.6 Å². The molecule has 1 heterocycles. The summed E-state index contributed by atoms with van der Waals surface area (Å²) in [5.41, 5.74) is 6.29. The minimum Gasteiger partial charge on any atom is -0.380 e. The third-order valence-corrected chi connectivity index (χ3v) is 4.15. The number of hydrogen-bond donors (Lipinski definition) is 3. The number of nitrogens with two attached hydrogens (primary N) is 1. The number of aromatic nitrogens is 1. The number of alkyl halides is 3. The smallest absolute Gasteiger partial charge is 0.380 e. The molecule has 4 N–H and O–H groups in total. The number of pyridine rings is 1. The average molecular weight is 387 g/mol. The molecule has 0 aliphatic rings. The number of benzene rings is 2. The third-order valence-electron chi connectivity index (χ3n) is 4.15. The molecule has 144 valence electrons. The number of carbonyl (C=O) groups is 1. The highest BCUT2D eigenvalue weighted by Gasteiger charge is 2.30. The number of anilines is 1. The van der Waals surface area contributed by atoms with E-state index in [0.29, 0.717) is 22.4 Å². The van der Waals surface area contributed by atoms with Gasteiger partial charge in [-0.25, -0.2) is 0 Å². The van der Waals surface area contributed by atoms with Crippen molar-refractivity contribution in [1.82, 2.24) is 4.98 Å². The van der Waals surface area contributed by atoms with Gasteiger partial charge in [0.05, 0.1) is 16.8 Å². The lowest BCUT2D eigenvalue weighted by molar-refractivity contribution is -0.137. The van der Waals surface area contributed by atoms with Gasteiger partial charge in [0, 0.05) is 24.4 Å². The molecule has 0 bridgehead atoms. The number of rotatable bonds is 5. The number of H-pyrrole nitrogens is 1. The highest BCUT2D eigenvalue weighted by molar-refractivity contribution is 6.02. The van der Waals surface area contributed by atoms with E-state index < -0.39 is 17.6 Å². The molecule has 3 rings (SSSR count). The fraction of sp³-hybridized carbons (Fsp3) is 0.100. The molecule has 1 aromatic heterocycles. The van der Waals surface area contributed by atoms with Crippen molar-refractivity contribution in [2.24, 2.45) is 5.73 Å². The van der Waals surface area contributed by atoms with Gasteiger partial charge in [-0.2, -0.15) is 13.2 Å². The number of aromatic amines is 1. The van der Waals surface area contributed by atoms with Crippen LogP contribution in [-0.2, 0) is 12.7 Å². The Morgan fingerprint density at radius 1 is 1.07 bits per heavy atom. The van der Waals surface area contributed by atoms with Crippen molar-refractivity contribution in [1.29, 1.82) is 0 Å². The lowest BCUT2D eigenvalue weighted by atomic mass is 9.97. The zero-order chi connectivity index (χ0) is 20.3. The molecule has 0 aliphatic heterocycles. The Morgan fingerprint density at radius 2 is 1.82 bits per heavy atom. The van der Waals surface area contributed by atoms with Gasteiger partial charge < -0.3 is 16.0 Å². The van der Waals surface area contributed by atoms with Crippen LogP contribution in [0.15, 0.2) is 65.6 Å². The molecule has 8 heteroatoms. The average Bonchev–Trinajstić information content (AvgIpc) is 2.66. The van der Waals surface area contributed by atoms with E-state index in [4.69, 9.17) is 5.73 Å². The van der Waals surface area contributed by atoms with Crippen molar-refractivity contribution < 1.29 is 18.0 Å². The second kappa shape index (κ2) is 7.59. The van der Waals surface area contributed by atoms with Crippen LogP contribution in [0.5, 0.6) is 0 Å². The van der Waals surface area contributed by atoms with Crippen LogP contribution in [-0.4, -0.2) is 10.9 Å². The van der Waals surface area contributed by atoms with E-state index in [1.165, 1.54) is 30.5 Å². The SMILES string of the molecule is NC(=O)c1cccc(-c2cccc(C(F)(F)F)c2)c1NCc1ccc(=O)[nH]c1. The van der Waals surface area contributed by atoms with Crippen LogP contribution in [0, 0.1) is 0 Å². The predicted molar refractivity (Wildman–Crippen MR) is 99.8 cm³/mol. The number of primary amides is 1. The summed E-state index contributed by atoms with van der Waals surface area (Å²) < 4.78 is 39.2. The normalized spacial score (nSPS) is 11.2. The van der Waals surface area contributed by atoms with Crippen LogP contribution in [0.25, 0.3) is 11.1 Å². The molecule has 0 unspecified atom stereocenters. The summed E-state index contributed by atoms with van der Waals surface area (Å²) in [7, 11) is 0. The number of amides is 1. The number of carbonyl (C=O) groups excluding carboxylic acids is 1. The zero-order valence-electron chi connectivity index (χ0n) is 14.5. The Bertz CT molecular complexity index is 1050. The lowest BCUT2D eigenvalue weighted by Gasteiger charge is -2.17. The minimum absolute atomic E-state index is 0.152. The van der Waals surface area contributed by atoms with Gasteiger partial charge in [0.15, 0.2) is 0 Å². The highest BCUT2D eigenvalue weighted by Crippen LogP contribution is 2.36. The fourth-order valence-electron chi connectivity index (χ4n) is 2.79. The van der Waals surface area contributed by atoms with Gasteiger partial charge in [0.1, 0.15) is 0 Å². The van der Waals surface area contributed by atoms with Gasteiger partial charge in [-0.3, -0.25) is 9.59 Å². The second-order valence-corrected chi connectivity index (χ2v) is 6.09. The number of para-hydroxylation sites is 1. The van der Waals surface area contributed by atoms with Crippen LogP contribution in [0.2, 0.25) is 0 Å². The zero-order valence-corrected chi connectivity index (χ0v) is 14.5. The maximum atomic E-state index is 13.1. The van der Waals surface area contributed by atoms with Crippen molar-refractivity contribution in [2.75, 3.05) is 5.32 Å². The van der Waals surface area contributed by atoms with E-state index in [9.17, 15) is 22.8 Å². The summed E-state index contributed by atoms with van der Waals surface area (Å²) in [5.74, 6) is -0.710. The molecule has 0 radical (unpaired) electrons. The summed E-state index contributed by atoms with van der Waals surface area (Å²) in [5, 5.41) is 3.05. The van der Waals surface area contributed by atoms with E-state index in [1.54, 1.807) is 18.2 Å². The first-order valence-corrected chi connectivity index (χ1v) is 8.27. The molecule has 28 heavy (non-hydrogen) atoms. The van der Waals surface area contributed by atoms with Gasteiger partial charge in [-0.15, -0.1) is 0 Å². The molecule has 0 fully saturated rings. The maximum absolute atomic E-state index is 13.1. The Labute approximate surface area is 158 Å². The van der Waals surface area contributed by atoms with Gasteiger partial charge in [-0.05, 0) is 29.3 Å². The summed E-state index contributed by atoms with van der Waals surface area (Å²) in [6.45, 7) is 0.229. The lowest BCUT2D eigenvalue weighted by Crippen LogP contribution is -2.15. The molecular weight excluding hydrogens is 371 g/mol. The molecule has 0 spiro atoms. The number of halogens is 3. The predicted octanol–water partition coefficient (Wildman–Crippen LogP) is 3.77. The van der Waals surface area contributed by atoms with Crippen LogP contribution in [0.3, 0.4) is 0 Å². The van der Waals surface area contributed by atoms with E-state index in [0.717, 1.165) is 12.1 Å². The van der Waals surface area contributed by atoms with E-state index in [1.807, 2.05) is 0 Å². The molecule has 3 aromatic rings. The molecule has 0 saturated carbocycles. The monoisotopic (exact) mass is 387 g/mol. The molecule has 0 saturated heterocycles. The molecule has 1 amide bonds. The Morgan fingerprint density at radius 3 is 2.46 bits per heavy atom. The van der Waals surface area contributed by atoms with Crippen LogP contribution in [0.4, 0.5) is 18.9 Å². The summed E-state index contributed by atoms with van der Waals surface area (Å²) >= 11 is 0. The Kier molecular flexibility index (Phi) is 5.21. The first-order chi connectivity index (χ1) is 13.3. The number of nitrogens with one attached hydrogen (secondary N) is 2. The molecular formula is C20H16F3N3O2. The topological polar surface area (TPSA) is 88.0 Å². The molecule has 5 nitrogen and oxygen atoms in total. The van der Waals surface area contributed by atoms with Crippen LogP contribution >= 0.6 is 0 Å². The fourth-order valence-corrected chi connectivity index (χ4v) is 2.79. The van der Waals surface area contributed by atoms with E-state index in [-0.39, 0.29) is 17.7 Å². The first-order valence-electron chi connectivity index (χ1n) is 8.27. The summed E-state index contributed by atoms with van der Waals surface area (Å²) in [6, 6.07) is 12.4. The molecule has 0 aliphatic carbocycles. The summed E-state index contributed by atoms with van der Waals surface area (Å²) in [4.78, 5) is 25.5. The number of hydrogen-bond acceptors (Lipinski definition) is 3. The van der Waals surface area contributed by atoms with Gasteiger partial charge in [0.2, 0.25) is 5.56 Å². The van der Waals surface area contributed by atoms with Gasteiger partial charge in [0.25, 0.3) is 5.91 Å². The Balaban J connectivity index is 2.04. The van der Waals surface area contributed by atoms with Gasteiger partial charge in [-0.1, -0.05) is 30.3 Å². The van der Waals surface area contributed by atoms with Gasteiger partial charge >= 0.3 is 6.18 Å². The van der Waals surface area contributed by atoms with Crippen LogP contribution in [0.1, 0.15) is 21.5 Å². The second-order valence-electron chi connectivity index (χ2n) is 6.09. The van der Waals surface area contributed by atoms with Crippen molar-refractivity contribution in [3.63, 3.8) is 0 Å². The highest BCUT2D eigenvalue weighted by atomic mass is 19.4. The Hall–Kier alpha value is -3.55. The van der Waals surface area contributed by atoms with E-state index >= 15 is 0 Å². The standard InChI is InChI=1S/C20H16F3N3O2/c21-20(22,23)14-4-1-3-13(9-14)15-5-2-6-16(19(24)28)18(15)26-11-12-7-8-17(27)25-10-12/h1-10,26H,11H2,(H2,24,28)(H,25,27). The first kappa shape index (κ1) is 19.2. The maximum Gasteiger partial charge on any atom is 0.416 e. The molecule has 0 atom stereocenters. The third kappa shape index (κ3) is 4.22. The van der Waals surface area contributed by atoms with Crippen molar-refractivity contribution >= 4 is 11.6 Å².